The van der Waals surface area contributed by atoms with Gasteiger partial charge in [0.15, 0.2) is 0 Å². The van der Waals surface area contributed by atoms with Gasteiger partial charge in [-0.25, -0.2) is 0 Å². The Labute approximate surface area is 157 Å². The van der Waals surface area contributed by atoms with Crippen LogP contribution in [0.1, 0.15) is 12.8 Å². The number of nitrogen functional groups attached to an aromatic ring is 1. The average Bonchev–Trinajstić information content (AvgIpc) is 2.65. The molecule has 2 aliphatic rings. The van der Waals surface area contributed by atoms with Crippen LogP contribution in [0.5, 0.6) is 0 Å². The van der Waals surface area contributed by atoms with Crippen LogP contribution >= 0.6 is 11.8 Å². The van der Waals surface area contributed by atoms with Gasteiger partial charge in [-0.2, -0.15) is 0 Å². The number of thioether (sulfide) groups is 1. The van der Waals surface area contributed by atoms with E-state index in [1.165, 1.54) is 23.8 Å². The molecule has 2 N–H and O–H groups in total. The first-order valence-electron chi connectivity index (χ1n) is 8.36. The second-order valence-corrected chi connectivity index (χ2v) is 7.43. The molecule has 0 spiro atoms. The fourth-order valence-corrected chi connectivity index (χ4v) is 4.33. The first kappa shape index (κ1) is 18.5. The topological polar surface area (TPSA) is 81.9 Å². The third-order valence-electron chi connectivity index (χ3n) is 4.46. The molecule has 0 radical (unpaired) electrons. The largest absolute Gasteiger partial charge is 0.468 e. The van der Waals surface area contributed by atoms with E-state index < -0.39 is 5.97 Å². The summed E-state index contributed by atoms with van der Waals surface area (Å²) in [5.74, 6) is -0.549. The lowest BCUT2D eigenvalue weighted by molar-refractivity contribution is -0.140. The molecule has 1 aliphatic carbocycles. The maximum absolute atomic E-state index is 13.0. The molecule has 138 valence electrons. The summed E-state index contributed by atoms with van der Waals surface area (Å²) in [6.45, 7) is -0.107. The van der Waals surface area contributed by atoms with E-state index >= 15 is 0 Å². The zero-order valence-electron chi connectivity index (χ0n) is 14.8. The number of anilines is 2. The van der Waals surface area contributed by atoms with Gasteiger partial charge in [0, 0.05) is 17.7 Å². The molecule has 6 nitrogen and oxygen atoms in total. The fraction of sp³-hybridized carbons (Fsp3) is 0.368. The van der Waals surface area contributed by atoms with Crippen molar-refractivity contribution >= 4 is 35.0 Å². The Kier molecular flexibility index (Phi) is 5.68. The predicted molar refractivity (Wildman–Crippen MR) is 102 cm³/mol. The van der Waals surface area contributed by atoms with Crippen molar-refractivity contribution in [3.8, 4) is 0 Å². The number of esters is 1. The molecule has 2 atom stereocenters. The lowest BCUT2D eigenvalue weighted by Crippen LogP contribution is -2.44. The molecule has 0 bridgehead atoms. The predicted octanol–water partition coefficient (Wildman–Crippen LogP) is 2.54. The van der Waals surface area contributed by atoms with Gasteiger partial charge < -0.3 is 15.2 Å². The maximum Gasteiger partial charge on any atom is 0.325 e. The van der Waals surface area contributed by atoms with E-state index in [2.05, 4.69) is 6.08 Å². The van der Waals surface area contributed by atoms with Crippen LogP contribution in [0.15, 0.2) is 46.9 Å². The van der Waals surface area contributed by atoms with Gasteiger partial charge in [-0.15, -0.1) is 11.8 Å². The smallest absolute Gasteiger partial charge is 0.325 e. The third kappa shape index (κ3) is 3.94. The van der Waals surface area contributed by atoms with Crippen LogP contribution in [0.3, 0.4) is 0 Å². The fourth-order valence-electron chi connectivity index (χ4n) is 3.02. The highest BCUT2D eigenvalue weighted by molar-refractivity contribution is 8.01. The Morgan fingerprint density at radius 2 is 2.19 bits per heavy atom. The number of nitrogens with two attached hydrogens (primary N) is 1. The quantitative estimate of drug-likeness (QED) is 0.630. The Morgan fingerprint density at radius 1 is 1.38 bits per heavy atom. The summed E-state index contributed by atoms with van der Waals surface area (Å²) < 4.78 is 10.1. The summed E-state index contributed by atoms with van der Waals surface area (Å²) >= 11 is 1.49. The number of amides is 1. The summed E-state index contributed by atoms with van der Waals surface area (Å²) in [5, 5.41) is -0.316. The van der Waals surface area contributed by atoms with Crippen molar-refractivity contribution in [2.24, 2.45) is 0 Å². The molecule has 2 unspecified atom stereocenters. The Bertz CT molecular complexity index is 775. The van der Waals surface area contributed by atoms with Crippen molar-refractivity contribution in [2.45, 2.75) is 29.1 Å². The van der Waals surface area contributed by atoms with Gasteiger partial charge in [0.2, 0.25) is 5.91 Å². The van der Waals surface area contributed by atoms with Crippen LogP contribution in [-0.4, -0.2) is 44.0 Å². The number of benzene rings is 1. The minimum absolute atomic E-state index is 0.0878. The van der Waals surface area contributed by atoms with Gasteiger partial charge in [0.1, 0.15) is 6.54 Å². The number of carbonyl (C=O) groups is 2. The molecular formula is C19H22N2O4S. The number of methoxy groups -OCH3 is 2. The molecular weight excluding hydrogens is 352 g/mol. The van der Waals surface area contributed by atoms with Crippen molar-refractivity contribution in [1.29, 1.82) is 0 Å². The number of rotatable bonds is 5. The number of hydrogen-bond donors (Lipinski definition) is 1. The van der Waals surface area contributed by atoms with E-state index in [0.29, 0.717) is 17.8 Å². The van der Waals surface area contributed by atoms with E-state index in [-0.39, 0.29) is 23.8 Å². The monoisotopic (exact) mass is 374 g/mol. The van der Waals surface area contributed by atoms with Crippen LogP contribution in [0, 0.1) is 0 Å². The lowest BCUT2D eigenvalue weighted by Gasteiger charge is -2.33. The second-order valence-electron chi connectivity index (χ2n) is 6.19. The van der Waals surface area contributed by atoms with Crippen LogP contribution < -0.4 is 10.6 Å². The van der Waals surface area contributed by atoms with Crippen LogP contribution in [0.4, 0.5) is 11.4 Å². The molecule has 1 amide bonds. The number of ether oxygens (including phenoxy) is 2. The zero-order chi connectivity index (χ0) is 18.7. The SMILES string of the molecule is COC(=O)CN1C(=O)C(CC2=CCC(OC)C=C2)Sc2cc(N)ccc21. The third-order valence-corrected chi connectivity index (χ3v) is 5.70. The molecule has 0 saturated carbocycles. The maximum atomic E-state index is 13.0. The van der Waals surface area contributed by atoms with Crippen LogP contribution in [0.2, 0.25) is 0 Å². The van der Waals surface area contributed by atoms with Crippen molar-refractivity contribution in [3.63, 3.8) is 0 Å². The highest BCUT2D eigenvalue weighted by Crippen LogP contribution is 2.42. The highest BCUT2D eigenvalue weighted by Gasteiger charge is 2.35. The number of nitrogens with zero attached hydrogens (tertiary/aromatic N) is 1. The zero-order valence-corrected chi connectivity index (χ0v) is 15.6. The minimum Gasteiger partial charge on any atom is -0.468 e. The van der Waals surface area contributed by atoms with Crippen LogP contribution in [-0.2, 0) is 19.1 Å². The highest BCUT2D eigenvalue weighted by atomic mass is 32.2. The van der Waals surface area contributed by atoms with Gasteiger partial charge in [0.05, 0.1) is 24.2 Å². The van der Waals surface area contributed by atoms with Gasteiger partial charge >= 0.3 is 5.97 Å². The van der Waals surface area contributed by atoms with Crippen molar-refractivity contribution in [2.75, 3.05) is 31.4 Å². The Balaban J connectivity index is 1.84. The number of carbonyl (C=O) groups excluding carboxylic acids is 2. The molecule has 1 aromatic rings. The molecule has 26 heavy (non-hydrogen) atoms. The molecule has 1 heterocycles. The normalized spacial score (nSPS) is 22.0. The number of allylic oxidation sites excluding steroid dienone is 2. The molecule has 0 aromatic heterocycles. The summed E-state index contributed by atoms with van der Waals surface area (Å²) in [5.41, 5.74) is 8.32. The average molecular weight is 374 g/mol. The molecule has 1 aliphatic heterocycles. The summed E-state index contributed by atoms with van der Waals surface area (Å²) in [6, 6.07) is 5.35. The number of hydrogen-bond acceptors (Lipinski definition) is 6. The van der Waals surface area contributed by atoms with E-state index in [1.807, 2.05) is 18.2 Å². The minimum atomic E-state index is -0.452. The van der Waals surface area contributed by atoms with E-state index in [4.69, 9.17) is 15.2 Å². The molecule has 1 aromatic carbocycles. The summed E-state index contributed by atoms with van der Waals surface area (Å²) in [6.07, 6.45) is 7.58. The van der Waals surface area contributed by atoms with Gasteiger partial charge in [0.25, 0.3) is 0 Å². The van der Waals surface area contributed by atoms with Crippen molar-refractivity contribution in [1.82, 2.24) is 0 Å². The van der Waals surface area contributed by atoms with Crippen molar-refractivity contribution < 1.29 is 19.1 Å². The van der Waals surface area contributed by atoms with E-state index in [1.54, 1.807) is 19.2 Å². The van der Waals surface area contributed by atoms with E-state index in [9.17, 15) is 9.59 Å². The van der Waals surface area contributed by atoms with Gasteiger partial charge in [-0.05, 0) is 31.0 Å². The molecule has 0 saturated heterocycles. The van der Waals surface area contributed by atoms with Crippen LogP contribution in [0.25, 0.3) is 0 Å². The first-order valence-corrected chi connectivity index (χ1v) is 9.24. The first-order chi connectivity index (χ1) is 12.5. The molecule has 0 fully saturated rings. The second kappa shape index (κ2) is 7.97. The molecule has 3 rings (SSSR count). The van der Waals surface area contributed by atoms with Crippen molar-refractivity contribution in [3.05, 3.63) is 42.0 Å². The summed E-state index contributed by atoms with van der Waals surface area (Å²) in [4.78, 5) is 27.2. The Morgan fingerprint density at radius 3 is 2.85 bits per heavy atom. The van der Waals surface area contributed by atoms with E-state index in [0.717, 1.165) is 16.9 Å². The van der Waals surface area contributed by atoms with Gasteiger partial charge in [-0.3, -0.25) is 14.5 Å². The standard InChI is InChI=1S/C19H22N2O4S/c1-24-14-6-3-12(4-7-14)9-17-19(23)21(11-18(22)25-2)15-8-5-13(20)10-16(15)26-17/h3-6,8,10,14,17H,7,9,11,20H2,1-2H3. The Hall–Kier alpha value is -2.25. The number of fused-ring (bicyclic) bond motifs is 1. The molecule has 7 heteroatoms. The summed E-state index contributed by atoms with van der Waals surface area (Å²) in [7, 11) is 3.00. The lowest BCUT2D eigenvalue weighted by atomic mass is 10.00. The van der Waals surface area contributed by atoms with Gasteiger partial charge in [-0.1, -0.05) is 23.8 Å².